The summed E-state index contributed by atoms with van der Waals surface area (Å²) >= 11 is 0. The number of benzene rings is 2. The van der Waals surface area contributed by atoms with E-state index in [4.69, 9.17) is 4.74 Å². The third-order valence-electron chi connectivity index (χ3n) is 5.03. The maximum Gasteiger partial charge on any atom is 0.246 e. The number of guanidine groups is 1. The molecule has 1 N–H and O–H groups in total. The Hall–Kier alpha value is -3.35. The van der Waals surface area contributed by atoms with Gasteiger partial charge in [0.2, 0.25) is 17.8 Å². The number of carbonyl (C=O) groups is 2. The van der Waals surface area contributed by atoms with Gasteiger partial charge in [0.1, 0.15) is 18.0 Å². The lowest BCUT2D eigenvalue weighted by Gasteiger charge is -2.24. The maximum atomic E-state index is 12.3. The first-order valence-electron chi connectivity index (χ1n) is 9.76. The summed E-state index contributed by atoms with van der Waals surface area (Å²) in [6.45, 7) is 2.00. The van der Waals surface area contributed by atoms with Gasteiger partial charge in [-0.2, -0.15) is 0 Å². The molecule has 0 aliphatic carbocycles. The summed E-state index contributed by atoms with van der Waals surface area (Å²) in [5.41, 5.74) is 2.90. The number of para-hydroxylation sites is 1. The average molecular weight is 392 g/mol. The van der Waals surface area contributed by atoms with Crippen LogP contribution < -0.4 is 10.1 Å². The van der Waals surface area contributed by atoms with Crippen molar-refractivity contribution in [3.8, 4) is 5.75 Å². The van der Waals surface area contributed by atoms with Gasteiger partial charge in [-0.1, -0.05) is 42.5 Å². The van der Waals surface area contributed by atoms with Crippen LogP contribution >= 0.6 is 0 Å². The van der Waals surface area contributed by atoms with E-state index in [0.29, 0.717) is 50.8 Å². The van der Waals surface area contributed by atoms with Crippen molar-refractivity contribution in [2.24, 2.45) is 4.99 Å². The van der Waals surface area contributed by atoms with Gasteiger partial charge in [0.25, 0.3) is 0 Å². The molecule has 7 nitrogen and oxygen atoms in total. The first-order chi connectivity index (χ1) is 14.1. The number of hydrogen-bond acceptors (Lipinski definition) is 5. The van der Waals surface area contributed by atoms with Crippen LogP contribution in [0.3, 0.4) is 0 Å². The number of aliphatic imine (C=N–C) groups is 1. The van der Waals surface area contributed by atoms with E-state index in [1.807, 2.05) is 60.5 Å². The molecule has 0 unspecified atom stereocenters. The van der Waals surface area contributed by atoms with Crippen LogP contribution in [-0.2, 0) is 22.7 Å². The van der Waals surface area contributed by atoms with Crippen LogP contribution in [-0.4, -0.2) is 47.8 Å². The topological polar surface area (TPSA) is 74.2 Å². The Labute approximate surface area is 170 Å². The molecule has 2 aromatic carbocycles. The number of carbonyl (C=O) groups excluding carboxylic acids is 2. The molecule has 2 heterocycles. The Balaban J connectivity index is 1.29. The molecular weight excluding hydrogens is 368 g/mol. The van der Waals surface area contributed by atoms with Gasteiger partial charge in [0.05, 0.1) is 6.61 Å². The van der Waals surface area contributed by atoms with Gasteiger partial charge >= 0.3 is 0 Å². The highest BCUT2D eigenvalue weighted by molar-refractivity contribution is 6.06. The molecule has 29 heavy (non-hydrogen) atoms. The molecule has 2 aliphatic heterocycles. The molecule has 0 saturated carbocycles. The Morgan fingerprint density at radius 2 is 2.00 bits per heavy atom. The molecule has 0 radical (unpaired) electrons. The lowest BCUT2D eigenvalue weighted by atomic mass is 10.1. The third kappa shape index (κ3) is 4.39. The zero-order chi connectivity index (χ0) is 20.2. The minimum absolute atomic E-state index is 0.0443. The predicted molar refractivity (Wildman–Crippen MR) is 110 cm³/mol. The van der Waals surface area contributed by atoms with Crippen molar-refractivity contribution >= 4 is 23.5 Å². The minimum atomic E-state index is -0.0443. The standard InChI is InChI=1S/C22H24N4O3/c1-25(13-16-7-3-2-4-8-16)20(28)11-6-12-29-18-10-5-9-17-14-26-15-19(27)23-22(26)24-21(17)18/h2-5,7-10H,6,11-15H2,1H3,(H,23,24,27). The third-order valence-corrected chi connectivity index (χ3v) is 5.03. The quantitative estimate of drug-likeness (QED) is 0.735. The van der Waals surface area contributed by atoms with Crippen molar-refractivity contribution < 1.29 is 14.3 Å². The molecule has 150 valence electrons. The van der Waals surface area contributed by atoms with Crippen molar-refractivity contribution in [2.45, 2.75) is 25.9 Å². The fourth-order valence-electron chi connectivity index (χ4n) is 3.51. The van der Waals surface area contributed by atoms with Gasteiger partial charge in [0, 0.05) is 32.1 Å². The Kier molecular flexibility index (Phi) is 5.46. The van der Waals surface area contributed by atoms with Crippen molar-refractivity contribution in [3.05, 3.63) is 59.7 Å². The van der Waals surface area contributed by atoms with E-state index < -0.39 is 0 Å². The molecule has 1 fully saturated rings. The van der Waals surface area contributed by atoms with Gasteiger partial charge in [-0.05, 0) is 18.1 Å². The normalized spacial score (nSPS) is 14.6. The summed E-state index contributed by atoms with van der Waals surface area (Å²) in [7, 11) is 1.82. The van der Waals surface area contributed by atoms with Crippen molar-refractivity contribution in [1.29, 1.82) is 0 Å². The predicted octanol–water partition coefficient (Wildman–Crippen LogP) is 2.44. The molecule has 2 amide bonds. The fraction of sp³-hybridized carbons (Fsp3) is 0.318. The number of ether oxygens (including phenoxy) is 1. The van der Waals surface area contributed by atoms with Crippen LogP contribution in [0.2, 0.25) is 0 Å². The molecule has 2 aliphatic rings. The van der Waals surface area contributed by atoms with E-state index in [1.165, 1.54) is 0 Å². The summed E-state index contributed by atoms with van der Waals surface area (Å²) in [6, 6.07) is 15.7. The second-order valence-electron chi connectivity index (χ2n) is 7.29. The first kappa shape index (κ1) is 19.0. The van der Waals surface area contributed by atoms with Gasteiger partial charge in [-0.25, -0.2) is 4.99 Å². The van der Waals surface area contributed by atoms with Crippen LogP contribution in [0.1, 0.15) is 24.0 Å². The highest BCUT2D eigenvalue weighted by Crippen LogP contribution is 2.36. The number of hydrogen-bond donors (Lipinski definition) is 1. The number of amides is 2. The Morgan fingerprint density at radius 1 is 1.17 bits per heavy atom. The van der Waals surface area contributed by atoms with Gasteiger partial charge in [0.15, 0.2) is 0 Å². The fourth-order valence-corrected chi connectivity index (χ4v) is 3.51. The minimum Gasteiger partial charge on any atom is -0.491 e. The molecule has 1 saturated heterocycles. The maximum absolute atomic E-state index is 12.3. The van der Waals surface area contributed by atoms with E-state index >= 15 is 0 Å². The molecule has 4 rings (SSSR count). The van der Waals surface area contributed by atoms with E-state index in [1.54, 1.807) is 4.90 Å². The summed E-state index contributed by atoms with van der Waals surface area (Å²) in [5, 5.41) is 2.77. The summed E-state index contributed by atoms with van der Waals surface area (Å²) < 4.78 is 5.92. The van der Waals surface area contributed by atoms with Crippen molar-refractivity contribution in [3.63, 3.8) is 0 Å². The monoisotopic (exact) mass is 392 g/mol. The second-order valence-corrected chi connectivity index (χ2v) is 7.29. The van der Waals surface area contributed by atoms with Crippen LogP contribution in [0.25, 0.3) is 0 Å². The zero-order valence-corrected chi connectivity index (χ0v) is 16.4. The first-order valence-corrected chi connectivity index (χ1v) is 9.76. The van der Waals surface area contributed by atoms with E-state index in [2.05, 4.69) is 10.3 Å². The highest BCUT2D eigenvalue weighted by Gasteiger charge is 2.30. The van der Waals surface area contributed by atoms with Crippen LogP contribution in [0.4, 0.5) is 5.69 Å². The number of rotatable bonds is 7. The van der Waals surface area contributed by atoms with Gasteiger partial charge in [-0.3, -0.25) is 14.9 Å². The summed E-state index contributed by atoms with van der Waals surface area (Å²) in [4.78, 5) is 32.1. The number of fused-ring (bicyclic) bond motifs is 2. The SMILES string of the molecule is CN(Cc1ccccc1)C(=O)CCCOc1cccc2c1N=C1NC(=O)CN1C2. The largest absolute Gasteiger partial charge is 0.491 e. The van der Waals surface area contributed by atoms with Crippen LogP contribution in [0.15, 0.2) is 53.5 Å². The highest BCUT2D eigenvalue weighted by atomic mass is 16.5. The lowest BCUT2D eigenvalue weighted by Crippen LogP contribution is -2.32. The van der Waals surface area contributed by atoms with Crippen molar-refractivity contribution in [2.75, 3.05) is 20.2 Å². The summed E-state index contributed by atoms with van der Waals surface area (Å²) in [6.07, 6.45) is 1.05. The second kappa shape index (κ2) is 8.34. The number of nitrogens with one attached hydrogen (secondary N) is 1. The Bertz CT molecular complexity index is 942. The molecule has 0 spiro atoms. The zero-order valence-electron chi connectivity index (χ0n) is 16.4. The molecule has 0 bridgehead atoms. The van der Waals surface area contributed by atoms with Gasteiger partial charge in [-0.15, -0.1) is 0 Å². The molecule has 2 aromatic rings. The van der Waals surface area contributed by atoms with Crippen LogP contribution in [0.5, 0.6) is 5.75 Å². The molecule has 0 atom stereocenters. The van der Waals surface area contributed by atoms with E-state index in [9.17, 15) is 9.59 Å². The Morgan fingerprint density at radius 3 is 2.83 bits per heavy atom. The average Bonchev–Trinajstić information content (AvgIpc) is 3.09. The summed E-state index contributed by atoms with van der Waals surface area (Å²) in [5.74, 6) is 1.31. The van der Waals surface area contributed by atoms with E-state index in [-0.39, 0.29) is 11.8 Å². The van der Waals surface area contributed by atoms with Crippen LogP contribution in [0, 0.1) is 0 Å². The lowest BCUT2D eigenvalue weighted by molar-refractivity contribution is -0.130. The molecule has 7 heteroatoms. The molecule has 0 aromatic heterocycles. The van der Waals surface area contributed by atoms with Crippen molar-refractivity contribution in [1.82, 2.24) is 15.1 Å². The van der Waals surface area contributed by atoms with Gasteiger partial charge < -0.3 is 14.5 Å². The molecular formula is C22H24N4O3. The van der Waals surface area contributed by atoms with E-state index in [0.717, 1.165) is 16.8 Å². The smallest absolute Gasteiger partial charge is 0.246 e. The number of nitrogens with zero attached hydrogens (tertiary/aromatic N) is 3.